The first-order chi connectivity index (χ1) is 7.16. The lowest BCUT2D eigenvalue weighted by Crippen LogP contribution is -2.54. The molecule has 1 heterocycles. The molecule has 0 aromatic rings. The van der Waals surface area contributed by atoms with E-state index in [1.807, 2.05) is 46.6 Å². The van der Waals surface area contributed by atoms with E-state index >= 15 is 0 Å². The predicted molar refractivity (Wildman–Crippen MR) is 62.0 cm³/mol. The molecule has 16 heavy (non-hydrogen) atoms. The molecule has 0 aromatic carbocycles. The van der Waals surface area contributed by atoms with Crippen molar-refractivity contribution in [2.45, 2.75) is 45.7 Å². The summed E-state index contributed by atoms with van der Waals surface area (Å²) in [5.41, 5.74) is -1.04. The molecule has 0 bridgehead atoms. The number of likely N-dealkylation sites (N-methyl/N-ethyl adjacent to an activating group) is 1. The molecule has 0 saturated carbocycles. The van der Waals surface area contributed by atoms with Gasteiger partial charge in [0.05, 0.1) is 0 Å². The number of hydrogen-bond acceptors (Lipinski definition) is 4. The van der Waals surface area contributed by atoms with Gasteiger partial charge in [0.2, 0.25) is 0 Å². The summed E-state index contributed by atoms with van der Waals surface area (Å²) in [7, 11) is 1.95. The number of hydroxylamine groups is 3. The van der Waals surface area contributed by atoms with Crippen molar-refractivity contribution in [1.82, 2.24) is 9.96 Å². The van der Waals surface area contributed by atoms with Crippen LogP contribution in [-0.2, 0) is 0 Å². The molecule has 2 N–H and O–H groups in total. The van der Waals surface area contributed by atoms with Crippen molar-refractivity contribution in [1.29, 1.82) is 0 Å². The summed E-state index contributed by atoms with van der Waals surface area (Å²) >= 11 is 0. The molecule has 0 radical (unpaired) electrons. The van der Waals surface area contributed by atoms with Crippen molar-refractivity contribution in [2.75, 3.05) is 20.1 Å². The van der Waals surface area contributed by atoms with E-state index in [9.17, 15) is 10.4 Å². The molecule has 0 atom stereocenters. The van der Waals surface area contributed by atoms with Gasteiger partial charge >= 0.3 is 5.84 Å². The maximum Gasteiger partial charge on any atom is 0.331 e. The Hall–Kier alpha value is -0.810. The van der Waals surface area contributed by atoms with Crippen LogP contribution in [0.1, 0.15) is 34.6 Å². The van der Waals surface area contributed by atoms with Gasteiger partial charge in [0.1, 0.15) is 6.54 Å². The van der Waals surface area contributed by atoms with Crippen LogP contribution in [0.4, 0.5) is 0 Å². The Balaban J connectivity index is 3.05. The van der Waals surface area contributed by atoms with E-state index in [1.54, 1.807) is 0 Å². The van der Waals surface area contributed by atoms with Crippen LogP contribution in [0.15, 0.2) is 0 Å². The lowest BCUT2D eigenvalue weighted by Gasteiger charge is -2.29. The van der Waals surface area contributed by atoms with Gasteiger partial charge in [0.15, 0.2) is 11.1 Å². The van der Waals surface area contributed by atoms with E-state index < -0.39 is 11.1 Å². The average molecular weight is 230 g/mol. The van der Waals surface area contributed by atoms with Crippen LogP contribution in [-0.4, -0.2) is 62.2 Å². The van der Waals surface area contributed by atoms with Crippen LogP contribution in [0.25, 0.3) is 0 Å². The molecule has 0 spiro atoms. The maximum atomic E-state index is 10.1. The van der Waals surface area contributed by atoms with Crippen LogP contribution in [0.2, 0.25) is 0 Å². The standard InChI is InChI=1S/C11H24N3O2/c1-7-12(6)8-9-13(15)10(2,3)11(4,5)14(9)16/h15-16H,7-8H2,1-6H3/q+1. The first-order valence-electron chi connectivity index (χ1n) is 5.68. The molecule has 0 saturated heterocycles. The number of amidine groups is 1. The van der Waals surface area contributed by atoms with Gasteiger partial charge in [-0.1, -0.05) is 11.7 Å². The highest BCUT2D eigenvalue weighted by Gasteiger charge is 2.61. The quantitative estimate of drug-likeness (QED) is 0.561. The van der Waals surface area contributed by atoms with Gasteiger partial charge in [-0.3, -0.25) is 4.90 Å². The topological polar surface area (TPSA) is 50.0 Å². The summed E-state index contributed by atoms with van der Waals surface area (Å²) in [5, 5.41) is 21.4. The third-order valence-corrected chi connectivity index (χ3v) is 4.00. The minimum atomic E-state index is -0.522. The van der Waals surface area contributed by atoms with Gasteiger partial charge < -0.3 is 5.21 Å². The van der Waals surface area contributed by atoms with E-state index in [4.69, 9.17) is 0 Å². The molecule has 0 aromatic heterocycles. The molecule has 1 aliphatic heterocycles. The second-order valence-electron chi connectivity index (χ2n) is 5.49. The summed E-state index contributed by atoms with van der Waals surface area (Å²) in [4.78, 5) is 2.03. The Morgan fingerprint density at radius 1 is 1.31 bits per heavy atom. The van der Waals surface area contributed by atoms with Crippen LogP contribution < -0.4 is 0 Å². The highest BCUT2D eigenvalue weighted by Crippen LogP contribution is 2.34. The van der Waals surface area contributed by atoms with Crippen molar-refractivity contribution in [3.63, 3.8) is 0 Å². The highest BCUT2D eigenvalue weighted by molar-refractivity contribution is 5.80. The van der Waals surface area contributed by atoms with Gasteiger partial charge in [-0.15, -0.1) is 5.06 Å². The van der Waals surface area contributed by atoms with Crippen molar-refractivity contribution in [3.8, 4) is 0 Å². The third kappa shape index (κ3) is 1.68. The molecule has 0 aliphatic carbocycles. The Kier molecular flexibility index (Phi) is 3.22. The van der Waals surface area contributed by atoms with Crippen molar-refractivity contribution in [2.24, 2.45) is 0 Å². The molecular weight excluding hydrogens is 206 g/mol. The molecule has 1 rings (SSSR count). The average Bonchev–Trinajstić information content (AvgIpc) is 2.31. The fraction of sp³-hybridized carbons (Fsp3) is 0.909. The van der Waals surface area contributed by atoms with Crippen molar-refractivity contribution < 1.29 is 15.2 Å². The van der Waals surface area contributed by atoms with Crippen molar-refractivity contribution >= 4 is 5.84 Å². The minimum Gasteiger partial charge on any atom is -0.354 e. The van der Waals surface area contributed by atoms with Crippen LogP contribution in [0.5, 0.6) is 0 Å². The van der Waals surface area contributed by atoms with E-state index in [0.717, 1.165) is 6.54 Å². The van der Waals surface area contributed by atoms with E-state index in [1.165, 1.54) is 9.80 Å². The van der Waals surface area contributed by atoms with Gasteiger partial charge in [-0.05, 0) is 41.3 Å². The predicted octanol–water partition coefficient (Wildman–Crippen LogP) is 1.00. The number of rotatable bonds is 3. The van der Waals surface area contributed by atoms with E-state index in [0.29, 0.717) is 12.4 Å². The third-order valence-electron chi connectivity index (χ3n) is 4.00. The second-order valence-corrected chi connectivity index (χ2v) is 5.49. The van der Waals surface area contributed by atoms with Crippen LogP contribution in [0.3, 0.4) is 0 Å². The zero-order valence-electron chi connectivity index (χ0n) is 11.2. The number of hydrogen-bond donors (Lipinski definition) is 2. The molecule has 5 heteroatoms. The lowest BCUT2D eigenvalue weighted by molar-refractivity contribution is -0.821. The Morgan fingerprint density at radius 2 is 1.81 bits per heavy atom. The second kappa shape index (κ2) is 3.89. The monoisotopic (exact) mass is 230 g/mol. The molecular formula is C11H24N3O2+. The molecule has 1 aliphatic rings. The minimum absolute atomic E-state index is 0.522. The first kappa shape index (κ1) is 13.3. The summed E-state index contributed by atoms with van der Waals surface area (Å²) < 4.78 is 1.18. The highest BCUT2D eigenvalue weighted by atomic mass is 16.5. The zero-order chi connectivity index (χ0) is 12.7. The van der Waals surface area contributed by atoms with Crippen molar-refractivity contribution in [3.05, 3.63) is 0 Å². The Bertz CT molecular complexity index is 310. The Labute approximate surface area is 97.5 Å². The molecule has 5 nitrogen and oxygen atoms in total. The van der Waals surface area contributed by atoms with Crippen LogP contribution in [0, 0.1) is 0 Å². The molecule has 0 unspecified atom stereocenters. The summed E-state index contributed by atoms with van der Waals surface area (Å²) in [6, 6.07) is 0. The van der Waals surface area contributed by atoms with Gasteiger partial charge in [-0.2, -0.15) is 0 Å². The number of nitrogens with zero attached hydrogens (tertiary/aromatic N) is 3. The maximum absolute atomic E-state index is 10.1. The smallest absolute Gasteiger partial charge is 0.331 e. The van der Waals surface area contributed by atoms with Crippen LogP contribution >= 0.6 is 0 Å². The van der Waals surface area contributed by atoms with Gasteiger partial charge in [0, 0.05) is 0 Å². The van der Waals surface area contributed by atoms with Gasteiger partial charge in [0.25, 0.3) is 0 Å². The van der Waals surface area contributed by atoms with Gasteiger partial charge in [-0.25, -0.2) is 5.21 Å². The largest absolute Gasteiger partial charge is 0.354 e. The normalized spacial score (nSPS) is 23.4. The van der Waals surface area contributed by atoms with E-state index in [2.05, 4.69) is 0 Å². The lowest BCUT2D eigenvalue weighted by atomic mass is 9.84. The summed E-state index contributed by atoms with van der Waals surface area (Å²) in [5.74, 6) is 0.527. The fourth-order valence-corrected chi connectivity index (χ4v) is 1.74. The fourth-order valence-electron chi connectivity index (χ4n) is 1.74. The summed E-state index contributed by atoms with van der Waals surface area (Å²) in [6.45, 7) is 11.1. The first-order valence-corrected chi connectivity index (χ1v) is 5.68. The van der Waals surface area contributed by atoms with E-state index in [-0.39, 0.29) is 0 Å². The SMILES string of the molecule is CCN(C)CC1=[N+](O)C(C)(C)C(C)(C)N1O. The molecule has 0 amide bonds. The Morgan fingerprint density at radius 3 is 2.12 bits per heavy atom. The molecule has 94 valence electrons. The zero-order valence-corrected chi connectivity index (χ0v) is 11.2. The summed E-state index contributed by atoms with van der Waals surface area (Å²) in [6.07, 6.45) is 0. The molecule has 0 fully saturated rings.